The molecule has 6 heteroatoms. The van der Waals surface area contributed by atoms with E-state index in [0.717, 1.165) is 11.3 Å². The number of sulfone groups is 1. The third-order valence-corrected chi connectivity index (χ3v) is 5.38. The van der Waals surface area contributed by atoms with Crippen LogP contribution < -0.4 is 10.6 Å². The Kier molecular flexibility index (Phi) is 4.15. The number of carbonyl (C=O) groups is 1. The summed E-state index contributed by atoms with van der Waals surface area (Å²) < 4.78 is 23.0. The number of aryl methyl sites for hydroxylation is 1. The van der Waals surface area contributed by atoms with Gasteiger partial charge in [0.2, 0.25) is 5.91 Å². The highest BCUT2D eigenvalue weighted by molar-refractivity contribution is 7.91. The number of rotatable bonds is 4. The first-order chi connectivity index (χ1) is 9.28. The van der Waals surface area contributed by atoms with Crippen LogP contribution in [0, 0.1) is 6.92 Å². The molecule has 0 aliphatic carbocycles. The number of amides is 1. The van der Waals surface area contributed by atoms with Gasteiger partial charge >= 0.3 is 0 Å². The smallest absolute Gasteiger partial charge is 0.238 e. The number of carbonyl (C=O) groups excluding carboxylic acids is 1. The maximum Gasteiger partial charge on any atom is 0.238 e. The Balaban J connectivity index is 1.87. The molecule has 1 fully saturated rings. The molecule has 0 radical (unpaired) electrons. The molecule has 20 heavy (non-hydrogen) atoms. The van der Waals surface area contributed by atoms with Crippen molar-refractivity contribution in [2.45, 2.75) is 25.8 Å². The zero-order valence-electron chi connectivity index (χ0n) is 11.8. The van der Waals surface area contributed by atoms with Crippen LogP contribution in [-0.4, -0.2) is 37.9 Å². The molecule has 1 aliphatic rings. The monoisotopic (exact) mass is 296 g/mol. The van der Waals surface area contributed by atoms with Crippen molar-refractivity contribution in [3.63, 3.8) is 0 Å². The van der Waals surface area contributed by atoms with Crippen molar-refractivity contribution in [1.29, 1.82) is 0 Å². The summed E-state index contributed by atoms with van der Waals surface area (Å²) in [5.74, 6) is 0.120. The third-order valence-electron chi connectivity index (χ3n) is 3.48. The Morgan fingerprint density at radius 1 is 1.40 bits per heavy atom. The minimum atomic E-state index is -2.96. The van der Waals surface area contributed by atoms with Gasteiger partial charge in [0.1, 0.15) is 0 Å². The summed E-state index contributed by atoms with van der Waals surface area (Å²) in [6.07, 6.45) is 0.549. The molecule has 2 N–H and O–H groups in total. The van der Waals surface area contributed by atoms with Crippen molar-refractivity contribution >= 4 is 21.4 Å². The molecule has 2 rings (SSSR count). The van der Waals surface area contributed by atoms with Crippen LogP contribution in [0.1, 0.15) is 18.9 Å². The maximum absolute atomic E-state index is 11.9. The first kappa shape index (κ1) is 15.0. The minimum Gasteiger partial charge on any atom is -0.325 e. The van der Waals surface area contributed by atoms with Crippen LogP contribution in [0.25, 0.3) is 0 Å². The molecular weight excluding hydrogens is 276 g/mol. The molecule has 1 amide bonds. The molecule has 0 spiro atoms. The highest BCUT2D eigenvalue weighted by Gasteiger charge is 2.38. The van der Waals surface area contributed by atoms with E-state index in [2.05, 4.69) is 10.6 Å². The molecule has 0 saturated carbocycles. The minimum absolute atomic E-state index is 0.0950. The van der Waals surface area contributed by atoms with E-state index in [1.165, 1.54) is 0 Å². The molecule has 1 atom stereocenters. The molecule has 1 saturated heterocycles. The second-order valence-electron chi connectivity index (χ2n) is 5.67. The van der Waals surface area contributed by atoms with Crippen molar-refractivity contribution in [2.75, 3.05) is 23.4 Å². The zero-order valence-corrected chi connectivity index (χ0v) is 12.6. The van der Waals surface area contributed by atoms with Gasteiger partial charge in [-0.3, -0.25) is 4.79 Å². The Hall–Kier alpha value is -1.40. The summed E-state index contributed by atoms with van der Waals surface area (Å²) in [7, 11) is -2.96. The standard InChI is InChI=1S/C14H20N2O3S/c1-11-4-3-5-12(8-11)16-13(17)9-15-14(2)6-7-20(18,19)10-14/h3-5,8,15H,6-7,9-10H2,1-2H3,(H,16,17). The van der Waals surface area contributed by atoms with Crippen molar-refractivity contribution in [1.82, 2.24) is 5.32 Å². The van der Waals surface area contributed by atoms with Crippen LogP contribution in [0.4, 0.5) is 5.69 Å². The van der Waals surface area contributed by atoms with Crippen LogP contribution in [0.15, 0.2) is 24.3 Å². The molecule has 5 nitrogen and oxygen atoms in total. The van der Waals surface area contributed by atoms with E-state index in [1.807, 2.05) is 38.1 Å². The second-order valence-corrected chi connectivity index (χ2v) is 7.86. The van der Waals surface area contributed by atoms with Gasteiger partial charge < -0.3 is 10.6 Å². The summed E-state index contributed by atoms with van der Waals surface area (Å²) in [4.78, 5) is 11.9. The number of anilines is 1. The van der Waals surface area contributed by atoms with Gasteiger partial charge in [-0.25, -0.2) is 8.42 Å². The average molecular weight is 296 g/mol. The fourth-order valence-electron chi connectivity index (χ4n) is 2.37. The van der Waals surface area contributed by atoms with Gasteiger partial charge in [0, 0.05) is 11.2 Å². The van der Waals surface area contributed by atoms with Gasteiger partial charge in [-0.2, -0.15) is 0 Å². The van der Waals surface area contributed by atoms with E-state index >= 15 is 0 Å². The first-order valence-corrected chi connectivity index (χ1v) is 8.42. The average Bonchev–Trinajstić information content (AvgIpc) is 2.62. The molecule has 1 aliphatic heterocycles. The summed E-state index contributed by atoms with van der Waals surface area (Å²) in [5.41, 5.74) is 1.33. The van der Waals surface area contributed by atoms with Crippen LogP contribution in [0.5, 0.6) is 0 Å². The van der Waals surface area contributed by atoms with Gasteiger partial charge in [-0.05, 0) is 38.0 Å². The predicted molar refractivity (Wildman–Crippen MR) is 79.5 cm³/mol. The lowest BCUT2D eigenvalue weighted by Crippen LogP contribution is -2.46. The number of hydrogen-bond donors (Lipinski definition) is 2. The first-order valence-electron chi connectivity index (χ1n) is 6.60. The molecule has 1 aromatic rings. The Morgan fingerprint density at radius 3 is 2.75 bits per heavy atom. The maximum atomic E-state index is 11.9. The molecule has 1 aromatic carbocycles. The van der Waals surface area contributed by atoms with Crippen molar-refractivity contribution in [3.8, 4) is 0 Å². The molecule has 1 heterocycles. The van der Waals surface area contributed by atoms with Crippen molar-refractivity contribution in [3.05, 3.63) is 29.8 Å². The number of nitrogens with one attached hydrogen (secondary N) is 2. The lowest BCUT2D eigenvalue weighted by molar-refractivity contribution is -0.115. The van der Waals surface area contributed by atoms with E-state index in [1.54, 1.807) is 0 Å². The number of hydrogen-bond acceptors (Lipinski definition) is 4. The summed E-state index contributed by atoms with van der Waals surface area (Å²) >= 11 is 0. The summed E-state index contributed by atoms with van der Waals surface area (Å²) in [6, 6.07) is 7.55. The molecule has 110 valence electrons. The highest BCUT2D eigenvalue weighted by atomic mass is 32.2. The third kappa shape index (κ3) is 4.05. The Labute approximate surface area is 119 Å². The molecule has 0 bridgehead atoms. The van der Waals surface area contributed by atoms with Crippen molar-refractivity contribution < 1.29 is 13.2 Å². The van der Waals surface area contributed by atoms with Crippen LogP contribution in [0.3, 0.4) is 0 Å². The number of benzene rings is 1. The highest BCUT2D eigenvalue weighted by Crippen LogP contribution is 2.22. The lowest BCUT2D eigenvalue weighted by Gasteiger charge is -2.23. The molecule has 0 aromatic heterocycles. The van der Waals surface area contributed by atoms with E-state index in [-0.39, 0.29) is 24.0 Å². The Bertz CT molecular complexity index is 613. The SMILES string of the molecule is Cc1cccc(NC(=O)CNC2(C)CCS(=O)(=O)C2)c1. The van der Waals surface area contributed by atoms with E-state index < -0.39 is 15.4 Å². The van der Waals surface area contributed by atoms with Gasteiger partial charge in [-0.15, -0.1) is 0 Å². The van der Waals surface area contributed by atoms with Crippen LogP contribution in [-0.2, 0) is 14.6 Å². The predicted octanol–water partition coefficient (Wildman–Crippen LogP) is 1.10. The quantitative estimate of drug-likeness (QED) is 0.872. The van der Waals surface area contributed by atoms with Gasteiger partial charge in [-0.1, -0.05) is 12.1 Å². The zero-order chi connectivity index (χ0) is 14.8. The fraction of sp³-hybridized carbons (Fsp3) is 0.500. The van der Waals surface area contributed by atoms with Crippen molar-refractivity contribution in [2.24, 2.45) is 0 Å². The Morgan fingerprint density at radius 2 is 2.15 bits per heavy atom. The van der Waals surface area contributed by atoms with E-state index in [0.29, 0.717) is 6.42 Å². The fourth-order valence-corrected chi connectivity index (χ4v) is 4.49. The second kappa shape index (κ2) is 5.54. The summed E-state index contributed by atoms with van der Waals surface area (Å²) in [5, 5.41) is 5.85. The normalized spacial score (nSPS) is 24.5. The van der Waals surface area contributed by atoms with Gasteiger partial charge in [0.25, 0.3) is 0 Å². The van der Waals surface area contributed by atoms with Gasteiger partial charge in [0.05, 0.1) is 18.1 Å². The molecular formula is C14H20N2O3S. The van der Waals surface area contributed by atoms with Crippen LogP contribution in [0.2, 0.25) is 0 Å². The molecule has 1 unspecified atom stereocenters. The lowest BCUT2D eigenvalue weighted by atomic mass is 10.0. The topological polar surface area (TPSA) is 75.3 Å². The van der Waals surface area contributed by atoms with Gasteiger partial charge in [0.15, 0.2) is 9.84 Å². The summed E-state index contributed by atoms with van der Waals surface area (Å²) in [6.45, 7) is 3.91. The largest absolute Gasteiger partial charge is 0.325 e. The van der Waals surface area contributed by atoms with E-state index in [9.17, 15) is 13.2 Å². The van der Waals surface area contributed by atoms with Crippen LogP contribution >= 0.6 is 0 Å². The van der Waals surface area contributed by atoms with E-state index in [4.69, 9.17) is 0 Å².